The zero-order valence-corrected chi connectivity index (χ0v) is 9.62. The smallest absolute Gasteiger partial charge is 0.352 e. The van der Waals surface area contributed by atoms with Gasteiger partial charge in [-0.15, -0.1) is 10.2 Å². The fourth-order valence-electron chi connectivity index (χ4n) is 1.92. The van der Waals surface area contributed by atoms with Crippen LogP contribution in [0.1, 0.15) is 10.5 Å². The summed E-state index contributed by atoms with van der Waals surface area (Å²) in [6, 6.07) is 10.5. The third-order valence-corrected chi connectivity index (χ3v) is 2.73. The molecule has 0 saturated carbocycles. The van der Waals surface area contributed by atoms with Gasteiger partial charge in [-0.25, -0.2) is 9.18 Å². The Morgan fingerprint density at radius 1 is 1.16 bits per heavy atom. The van der Waals surface area contributed by atoms with Crippen molar-refractivity contribution in [1.29, 1.82) is 0 Å². The average molecular weight is 257 g/mol. The van der Waals surface area contributed by atoms with Gasteiger partial charge in [0, 0.05) is 5.56 Å². The molecule has 94 valence electrons. The lowest BCUT2D eigenvalue weighted by molar-refractivity contribution is 0.0689. The largest absolute Gasteiger partial charge is 0.477 e. The lowest BCUT2D eigenvalue weighted by Gasteiger charge is -2.03. The van der Waals surface area contributed by atoms with Gasteiger partial charge in [-0.1, -0.05) is 18.2 Å². The molecule has 2 heterocycles. The van der Waals surface area contributed by atoms with Crippen molar-refractivity contribution in [2.24, 2.45) is 0 Å². The van der Waals surface area contributed by atoms with Gasteiger partial charge in [-0.2, -0.15) is 0 Å². The highest BCUT2D eigenvalue weighted by Gasteiger charge is 2.15. The Kier molecular flexibility index (Phi) is 2.49. The Labute approximate surface area is 107 Å². The second kappa shape index (κ2) is 4.16. The number of hydrogen-bond donors (Lipinski definition) is 1. The third kappa shape index (κ3) is 1.83. The van der Waals surface area contributed by atoms with E-state index in [1.165, 1.54) is 28.7 Å². The molecule has 0 aliphatic carbocycles. The van der Waals surface area contributed by atoms with Crippen molar-refractivity contribution >= 4 is 11.6 Å². The standard InChI is InChI=1S/C13H8FN3O2/c14-9-4-1-3-8(7-9)12-16-15-11-6-2-5-10(13(18)19)17(11)12/h1-7H,(H,18,19). The van der Waals surface area contributed by atoms with E-state index in [-0.39, 0.29) is 5.69 Å². The summed E-state index contributed by atoms with van der Waals surface area (Å²) < 4.78 is 14.6. The quantitative estimate of drug-likeness (QED) is 0.764. The van der Waals surface area contributed by atoms with Gasteiger partial charge >= 0.3 is 5.97 Å². The monoisotopic (exact) mass is 257 g/mol. The number of nitrogens with zero attached hydrogens (tertiary/aromatic N) is 3. The summed E-state index contributed by atoms with van der Waals surface area (Å²) in [6.07, 6.45) is 0. The van der Waals surface area contributed by atoms with Gasteiger partial charge in [0.2, 0.25) is 0 Å². The number of hydrogen-bond acceptors (Lipinski definition) is 3. The van der Waals surface area contributed by atoms with E-state index in [0.717, 1.165) is 0 Å². The van der Waals surface area contributed by atoms with Crippen LogP contribution in [0, 0.1) is 5.82 Å². The minimum atomic E-state index is -1.09. The molecule has 0 atom stereocenters. The lowest BCUT2D eigenvalue weighted by atomic mass is 10.2. The topological polar surface area (TPSA) is 67.5 Å². The van der Waals surface area contributed by atoms with Crippen LogP contribution in [0.4, 0.5) is 4.39 Å². The molecule has 0 fully saturated rings. The van der Waals surface area contributed by atoms with E-state index in [1.807, 2.05) is 0 Å². The lowest BCUT2D eigenvalue weighted by Crippen LogP contribution is -2.05. The molecule has 6 heteroatoms. The molecule has 0 bridgehead atoms. The third-order valence-electron chi connectivity index (χ3n) is 2.73. The van der Waals surface area contributed by atoms with Gasteiger partial charge in [0.05, 0.1) is 0 Å². The normalized spacial score (nSPS) is 10.8. The van der Waals surface area contributed by atoms with Crippen LogP contribution in [0.2, 0.25) is 0 Å². The van der Waals surface area contributed by atoms with Crippen LogP contribution in [0.15, 0.2) is 42.5 Å². The predicted molar refractivity (Wildman–Crippen MR) is 65.3 cm³/mol. The molecule has 0 aliphatic heterocycles. The zero-order valence-electron chi connectivity index (χ0n) is 9.62. The van der Waals surface area contributed by atoms with E-state index in [9.17, 15) is 14.3 Å². The van der Waals surface area contributed by atoms with Crippen LogP contribution in [0.3, 0.4) is 0 Å². The number of aromatic nitrogens is 3. The maximum absolute atomic E-state index is 13.2. The number of pyridine rings is 1. The predicted octanol–water partition coefficient (Wildman–Crippen LogP) is 2.23. The maximum Gasteiger partial charge on any atom is 0.352 e. The minimum absolute atomic E-state index is 0.0294. The summed E-state index contributed by atoms with van der Waals surface area (Å²) in [4.78, 5) is 11.2. The van der Waals surface area contributed by atoms with Gasteiger partial charge in [0.15, 0.2) is 11.5 Å². The number of carboxylic acid groups (broad SMARTS) is 1. The first-order chi connectivity index (χ1) is 9.16. The first-order valence-corrected chi connectivity index (χ1v) is 5.50. The van der Waals surface area contributed by atoms with E-state index in [1.54, 1.807) is 18.2 Å². The van der Waals surface area contributed by atoms with Crippen LogP contribution in [0.25, 0.3) is 17.0 Å². The minimum Gasteiger partial charge on any atom is -0.477 e. The molecule has 0 amide bonds. The first kappa shape index (κ1) is 11.3. The molecule has 5 nitrogen and oxygen atoms in total. The Morgan fingerprint density at radius 2 is 1.95 bits per heavy atom. The summed E-state index contributed by atoms with van der Waals surface area (Å²) >= 11 is 0. The van der Waals surface area contributed by atoms with Crippen LogP contribution < -0.4 is 0 Å². The van der Waals surface area contributed by atoms with Gasteiger partial charge in [0.1, 0.15) is 11.5 Å². The first-order valence-electron chi connectivity index (χ1n) is 5.50. The van der Waals surface area contributed by atoms with E-state index in [0.29, 0.717) is 17.0 Å². The van der Waals surface area contributed by atoms with Gasteiger partial charge in [0.25, 0.3) is 0 Å². The van der Waals surface area contributed by atoms with E-state index >= 15 is 0 Å². The number of carbonyl (C=O) groups is 1. The van der Waals surface area contributed by atoms with Gasteiger partial charge < -0.3 is 5.11 Å². The van der Waals surface area contributed by atoms with Crippen molar-refractivity contribution in [2.45, 2.75) is 0 Å². The summed E-state index contributed by atoms with van der Waals surface area (Å²) in [6.45, 7) is 0. The summed E-state index contributed by atoms with van der Waals surface area (Å²) in [5.41, 5.74) is 0.905. The second-order valence-electron chi connectivity index (χ2n) is 3.94. The van der Waals surface area contributed by atoms with Crippen molar-refractivity contribution in [3.8, 4) is 11.4 Å². The Balaban J connectivity index is 2.33. The van der Waals surface area contributed by atoms with Crippen LogP contribution in [-0.2, 0) is 0 Å². The van der Waals surface area contributed by atoms with Crippen molar-refractivity contribution in [2.75, 3.05) is 0 Å². The molecule has 0 saturated heterocycles. The number of aromatic carboxylic acids is 1. The van der Waals surface area contributed by atoms with E-state index in [2.05, 4.69) is 10.2 Å². The molecular weight excluding hydrogens is 249 g/mol. The fraction of sp³-hybridized carbons (Fsp3) is 0. The Hall–Kier alpha value is -2.76. The highest BCUT2D eigenvalue weighted by atomic mass is 19.1. The van der Waals surface area contributed by atoms with Crippen molar-refractivity contribution in [1.82, 2.24) is 14.6 Å². The van der Waals surface area contributed by atoms with Crippen molar-refractivity contribution < 1.29 is 14.3 Å². The number of carboxylic acids is 1. The van der Waals surface area contributed by atoms with Crippen molar-refractivity contribution in [3.63, 3.8) is 0 Å². The SMILES string of the molecule is O=C(O)c1cccc2nnc(-c3cccc(F)c3)n12. The summed E-state index contributed by atoms with van der Waals surface area (Å²) in [5, 5.41) is 17.0. The second-order valence-corrected chi connectivity index (χ2v) is 3.94. The fourth-order valence-corrected chi connectivity index (χ4v) is 1.92. The molecular formula is C13H8FN3O2. The molecule has 1 aromatic carbocycles. The average Bonchev–Trinajstić information content (AvgIpc) is 2.82. The highest BCUT2D eigenvalue weighted by Crippen LogP contribution is 2.20. The number of rotatable bonds is 2. The zero-order chi connectivity index (χ0) is 13.4. The number of benzene rings is 1. The Morgan fingerprint density at radius 3 is 2.68 bits per heavy atom. The molecule has 3 aromatic rings. The molecule has 0 radical (unpaired) electrons. The summed E-state index contributed by atoms with van der Waals surface area (Å²) in [7, 11) is 0. The molecule has 1 N–H and O–H groups in total. The molecule has 3 rings (SSSR count). The molecule has 0 aliphatic rings. The van der Waals surface area contributed by atoms with Gasteiger partial charge in [-0.3, -0.25) is 4.40 Å². The number of halogens is 1. The van der Waals surface area contributed by atoms with E-state index in [4.69, 9.17) is 0 Å². The highest BCUT2D eigenvalue weighted by molar-refractivity contribution is 5.87. The molecule has 0 unspecified atom stereocenters. The molecule has 0 spiro atoms. The van der Waals surface area contributed by atoms with Crippen LogP contribution >= 0.6 is 0 Å². The number of fused-ring (bicyclic) bond motifs is 1. The Bertz CT molecular complexity index is 782. The summed E-state index contributed by atoms with van der Waals surface area (Å²) in [5.74, 6) is -1.21. The molecule has 19 heavy (non-hydrogen) atoms. The van der Waals surface area contributed by atoms with Crippen LogP contribution in [-0.4, -0.2) is 25.7 Å². The van der Waals surface area contributed by atoms with E-state index < -0.39 is 11.8 Å². The van der Waals surface area contributed by atoms with Crippen LogP contribution in [0.5, 0.6) is 0 Å². The molecule has 2 aromatic heterocycles. The maximum atomic E-state index is 13.2. The van der Waals surface area contributed by atoms with Gasteiger partial charge in [-0.05, 0) is 24.3 Å². The van der Waals surface area contributed by atoms with Crippen molar-refractivity contribution in [3.05, 3.63) is 54.0 Å².